The number of rotatable bonds is 4. The van der Waals surface area contributed by atoms with Gasteiger partial charge in [-0.05, 0) is 30.9 Å². The van der Waals surface area contributed by atoms with Gasteiger partial charge in [-0.2, -0.15) is 4.98 Å². The smallest absolute Gasteiger partial charge is 0.262 e. The van der Waals surface area contributed by atoms with Gasteiger partial charge in [0.1, 0.15) is 11.4 Å². The van der Waals surface area contributed by atoms with Crippen molar-refractivity contribution in [2.24, 2.45) is 0 Å². The number of benzene rings is 1. The molecule has 0 aliphatic rings. The Morgan fingerprint density at radius 2 is 1.93 bits per heavy atom. The molecule has 0 aliphatic heterocycles. The van der Waals surface area contributed by atoms with Gasteiger partial charge in [0.2, 0.25) is 11.7 Å². The van der Waals surface area contributed by atoms with E-state index in [4.69, 9.17) is 4.52 Å². The van der Waals surface area contributed by atoms with Crippen LogP contribution >= 0.6 is 11.3 Å². The molecule has 0 fully saturated rings. The molecular weight excluding hydrogens is 360 g/mol. The van der Waals surface area contributed by atoms with Gasteiger partial charge in [0, 0.05) is 10.4 Å². The average molecular weight is 380 g/mol. The van der Waals surface area contributed by atoms with Crippen LogP contribution < -0.4 is 5.56 Å². The zero-order chi connectivity index (χ0) is 19.1. The fraction of sp³-hybridized carbons (Fsp3) is 0.300. The number of fused-ring (bicyclic) bond motifs is 1. The van der Waals surface area contributed by atoms with Gasteiger partial charge in [0.25, 0.3) is 5.56 Å². The van der Waals surface area contributed by atoms with Crippen molar-refractivity contribution in [2.45, 2.75) is 40.2 Å². The molecule has 0 saturated heterocycles. The van der Waals surface area contributed by atoms with Crippen LogP contribution in [0.3, 0.4) is 0 Å². The first-order valence-electron chi connectivity index (χ1n) is 8.82. The highest BCUT2D eigenvalue weighted by atomic mass is 32.1. The monoisotopic (exact) mass is 380 g/mol. The fourth-order valence-corrected chi connectivity index (χ4v) is 3.97. The molecule has 0 radical (unpaired) electrons. The molecule has 3 aromatic heterocycles. The second-order valence-corrected chi connectivity index (χ2v) is 8.13. The molecule has 138 valence electrons. The van der Waals surface area contributed by atoms with Crippen molar-refractivity contribution in [3.8, 4) is 11.4 Å². The summed E-state index contributed by atoms with van der Waals surface area (Å²) in [5, 5.41) is 4.72. The topological polar surface area (TPSA) is 73.8 Å². The van der Waals surface area contributed by atoms with E-state index >= 15 is 0 Å². The molecule has 0 bridgehead atoms. The Kier molecular flexibility index (Phi) is 4.39. The van der Waals surface area contributed by atoms with E-state index in [2.05, 4.69) is 41.1 Å². The SMILES string of the molecule is Cc1sc2ncn(Cc3nc(-c4ccc(C(C)C)cc4)no3)c(=O)c2c1C. The van der Waals surface area contributed by atoms with Crippen LogP contribution in [0.2, 0.25) is 0 Å². The summed E-state index contributed by atoms with van der Waals surface area (Å²) in [6.45, 7) is 8.46. The Morgan fingerprint density at radius 1 is 1.19 bits per heavy atom. The summed E-state index contributed by atoms with van der Waals surface area (Å²) in [6.07, 6.45) is 1.54. The van der Waals surface area contributed by atoms with Crippen LogP contribution in [0.5, 0.6) is 0 Å². The predicted octanol–water partition coefficient (Wildman–Crippen LogP) is 4.30. The number of aryl methyl sites for hydroxylation is 2. The molecule has 7 heteroatoms. The van der Waals surface area contributed by atoms with E-state index in [9.17, 15) is 4.79 Å². The first-order chi connectivity index (χ1) is 12.9. The number of thiophene rings is 1. The minimum Gasteiger partial charge on any atom is -0.337 e. The highest BCUT2D eigenvalue weighted by molar-refractivity contribution is 7.18. The lowest BCUT2D eigenvalue weighted by Gasteiger charge is -2.04. The van der Waals surface area contributed by atoms with Crippen LogP contribution in [0.4, 0.5) is 0 Å². The summed E-state index contributed by atoms with van der Waals surface area (Å²) in [5.74, 6) is 1.37. The summed E-state index contributed by atoms with van der Waals surface area (Å²) in [5.41, 5.74) is 3.05. The van der Waals surface area contributed by atoms with Crippen molar-refractivity contribution in [3.05, 3.63) is 62.8 Å². The van der Waals surface area contributed by atoms with Gasteiger partial charge in [0.15, 0.2) is 0 Å². The molecule has 1 aromatic carbocycles. The van der Waals surface area contributed by atoms with Crippen molar-refractivity contribution in [1.82, 2.24) is 19.7 Å². The van der Waals surface area contributed by atoms with Gasteiger partial charge in [-0.3, -0.25) is 9.36 Å². The van der Waals surface area contributed by atoms with Crippen molar-refractivity contribution in [2.75, 3.05) is 0 Å². The zero-order valence-electron chi connectivity index (χ0n) is 15.7. The third-order valence-corrected chi connectivity index (χ3v) is 5.88. The number of aromatic nitrogens is 4. The normalized spacial score (nSPS) is 11.6. The van der Waals surface area contributed by atoms with Gasteiger partial charge in [-0.25, -0.2) is 4.98 Å². The van der Waals surface area contributed by atoms with Crippen molar-refractivity contribution >= 4 is 21.6 Å². The van der Waals surface area contributed by atoms with Crippen molar-refractivity contribution < 1.29 is 4.52 Å². The standard InChI is InChI=1S/C20H20N4O2S/c1-11(2)14-5-7-15(8-6-14)18-22-16(26-23-18)9-24-10-21-19-17(20(24)25)12(3)13(4)27-19/h5-8,10-11H,9H2,1-4H3. The number of hydrogen-bond donors (Lipinski definition) is 0. The third kappa shape index (κ3) is 3.19. The van der Waals surface area contributed by atoms with Crippen LogP contribution in [0.15, 0.2) is 39.9 Å². The minimum absolute atomic E-state index is 0.0807. The Labute approximate surface area is 160 Å². The molecule has 0 saturated carbocycles. The van der Waals surface area contributed by atoms with Crippen LogP contribution in [0, 0.1) is 13.8 Å². The van der Waals surface area contributed by atoms with E-state index in [1.54, 1.807) is 6.33 Å². The van der Waals surface area contributed by atoms with E-state index in [-0.39, 0.29) is 12.1 Å². The molecule has 0 spiro atoms. The molecule has 0 unspecified atom stereocenters. The summed E-state index contributed by atoms with van der Waals surface area (Å²) in [7, 11) is 0. The van der Waals surface area contributed by atoms with Gasteiger partial charge < -0.3 is 4.52 Å². The Morgan fingerprint density at radius 3 is 2.63 bits per heavy atom. The highest BCUT2D eigenvalue weighted by Crippen LogP contribution is 2.25. The van der Waals surface area contributed by atoms with Crippen molar-refractivity contribution in [1.29, 1.82) is 0 Å². The molecule has 0 amide bonds. The lowest BCUT2D eigenvalue weighted by molar-refractivity contribution is 0.369. The van der Waals surface area contributed by atoms with Gasteiger partial charge in [0.05, 0.1) is 11.7 Å². The van der Waals surface area contributed by atoms with E-state index in [0.717, 1.165) is 20.8 Å². The molecule has 0 aliphatic carbocycles. The Bertz CT molecular complexity index is 1170. The highest BCUT2D eigenvalue weighted by Gasteiger charge is 2.15. The lowest BCUT2D eigenvalue weighted by atomic mass is 10.0. The van der Waals surface area contributed by atoms with Gasteiger partial charge >= 0.3 is 0 Å². The van der Waals surface area contributed by atoms with E-state index in [1.807, 2.05) is 26.0 Å². The second-order valence-electron chi connectivity index (χ2n) is 6.93. The maximum absolute atomic E-state index is 12.8. The average Bonchev–Trinajstić information content (AvgIpc) is 3.23. The summed E-state index contributed by atoms with van der Waals surface area (Å²) in [6, 6.07) is 8.11. The summed E-state index contributed by atoms with van der Waals surface area (Å²) in [4.78, 5) is 23.5. The van der Waals surface area contributed by atoms with E-state index in [0.29, 0.717) is 23.0 Å². The van der Waals surface area contributed by atoms with Gasteiger partial charge in [-0.15, -0.1) is 11.3 Å². The molecule has 4 aromatic rings. The summed E-state index contributed by atoms with van der Waals surface area (Å²) >= 11 is 1.54. The quantitative estimate of drug-likeness (QED) is 0.528. The Hall–Kier alpha value is -2.80. The predicted molar refractivity (Wildman–Crippen MR) is 106 cm³/mol. The van der Waals surface area contributed by atoms with E-state index in [1.165, 1.54) is 21.5 Å². The summed E-state index contributed by atoms with van der Waals surface area (Å²) < 4.78 is 6.87. The number of nitrogens with zero attached hydrogens (tertiary/aromatic N) is 4. The largest absolute Gasteiger partial charge is 0.337 e. The van der Waals surface area contributed by atoms with Crippen LogP contribution in [0.25, 0.3) is 21.6 Å². The Balaban J connectivity index is 1.63. The van der Waals surface area contributed by atoms with Crippen molar-refractivity contribution in [3.63, 3.8) is 0 Å². The van der Waals surface area contributed by atoms with E-state index < -0.39 is 0 Å². The molecule has 27 heavy (non-hydrogen) atoms. The fourth-order valence-electron chi connectivity index (χ4n) is 2.98. The maximum Gasteiger partial charge on any atom is 0.262 e. The number of hydrogen-bond acceptors (Lipinski definition) is 6. The maximum atomic E-state index is 12.8. The van der Waals surface area contributed by atoms with Gasteiger partial charge in [-0.1, -0.05) is 43.3 Å². The molecule has 0 N–H and O–H groups in total. The lowest BCUT2D eigenvalue weighted by Crippen LogP contribution is -2.21. The second kappa shape index (κ2) is 6.74. The first kappa shape index (κ1) is 17.6. The molecule has 0 atom stereocenters. The first-order valence-corrected chi connectivity index (χ1v) is 9.63. The minimum atomic E-state index is -0.0807. The molecule has 4 rings (SSSR count). The third-order valence-electron chi connectivity index (χ3n) is 4.77. The van der Waals surface area contributed by atoms with Crippen LogP contribution in [-0.2, 0) is 6.54 Å². The molecular formula is C20H20N4O2S. The van der Waals surface area contributed by atoms with Crippen LogP contribution in [-0.4, -0.2) is 19.7 Å². The zero-order valence-corrected chi connectivity index (χ0v) is 16.5. The van der Waals surface area contributed by atoms with Crippen LogP contribution in [0.1, 0.15) is 41.7 Å². The molecule has 6 nitrogen and oxygen atoms in total. The molecule has 3 heterocycles.